The van der Waals surface area contributed by atoms with Crippen molar-refractivity contribution >= 4 is 108 Å². The molecule has 0 atom stereocenters. The first-order valence-electron chi connectivity index (χ1n) is 18.7. The molecule has 9 aromatic rings. The molecule has 0 saturated heterocycles. The number of aryl methyl sites for hydroxylation is 1. The van der Waals surface area contributed by atoms with Crippen molar-refractivity contribution in [3.63, 3.8) is 0 Å². The largest absolute Gasteiger partial charge is 0.460 e. The molecule has 54 heavy (non-hydrogen) atoms. The summed E-state index contributed by atoms with van der Waals surface area (Å²) in [5.74, 6) is 1.08. The summed E-state index contributed by atoms with van der Waals surface area (Å²) in [6.45, 7) is -0.00317. The zero-order valence-corrected chi connectivity index (χ0v) is 29.9. The molecule has 13 rings (SSSR count). The Morgan fingerprint density at radius 2 is 1.13 bits per heavy atom. The topological polar surface area (TPSA) is 32.8 Å². The summed E-state index contributed by atoms with van der Waals surface area (Å²) in [5, 5.41) is 3.49. The standard InChI is InChI=1S/C48H29BN2O2S/c1-4-14-28(15-5-1)29-24-34-44-35(25-29)51(31-18-8-3-9-19-31)48-43-33-21-11-13-23-37(33)53-39(43)27-41-46(48)49(44)45-40(54-41)26-38-42(32-20-10-12-22-36(32)52-38)47(45)50(34)30-16-6-2-7-17-30/h1-12,14-22,24-27H,13,23H2. The van der Waals surface area contributed by atoms with Crippen molar-refractivity contribution in [2.24, 2.45) is 0 Å². The average molecular weight is 709 g/mol. The van der Waals surface area contributed by atoms with Crippen molar-refractivity contribution < 1.29 is 8.83 Å². The number of fused-ring (bicyclic) bond motifs is 8. The lowest BCUT2D eigenvalue weighted by atomic mass is 9.33. The first kappa shape index (κ1) is 29.1. The van der Waals surface area contributed by atoms with Gasteiger partial charge in [-0.3, -0.25) is 0 Å². The molecule has 0 N–H and O–H groups in total. The van der Waals surface area contributed by atoms with E-state index in [1.165, 1.54) is 71.0 Å². The molecular formula is C48H29BN2O2S. The maximum atomic E-state index is 6.81. The van der Waals surface area contributed by atoms with Crippen LogP contribution in [-0.4, -0.2) is 6.71 Å². The van der Waals surface area contributed by atoms with Gasteiger partial charge in [0.25, 0.3) is 6.71 Å². The van der Waals surface area contributed by atoms with E-state index >= 15 is 0 Å². The molecule has 2 aromatic heterocycles. The maximum absolute atomic E-state index is 6.81. The minimum Gasteiger partial charge on any atom is -0.460 e. The fourth-order valence-corrected chi connectivity index (χ4v) is 10.9. The number of rotatable bonds is 3. The van der Waals surface area contributed by atoms with Crippen LogP contribution < -0.4 is 26.2 Å². The van der Waals surface area contributed by atoms with Crippen molar-refractivity contribution in [1.29, 1.82) is 0 Å². The van der Waals surface area contributed by atoms with Crippen LogP contribution in [0.15, 0.2) is 164 Å². The first-order chi connectivity index (χ1) is 26.8. The minimum atomic E-state index is -0.00317. The van der Waals surface area contributed by atoms with E-state index in [2.05, 4.69) is 161 Å². The molecule has 0 radical (unpaired) electrons. The maximum Gasteiger partial charge on any atom is 0.255 e. The Balaban J connectivity index is 1.26. The minimum absolute atomic E-state index is 0.00317. The third kappa shape index (κ3) is 3.75. The van der Waals surface area contributed by atoms with Crippen molar-refractivity contribution in [2.45, 2.75) is 22.6 Å². The Morgan fingerprint density at radius 1 is 0.537 bits per heavy atom. The first-order valence-corrected chi connectivity index (χ1v) is 19.5. The number of hydrogen-bond donors (Lipinski definition) is 0. The summed E-state index contributed by atoms with van der Waals surface area (Å²) in [4.78, 5) is 7.55. The van der Waals surface area contributed by atoms with Gasteiger partial charge in [0.15, 0.2) is 0 Å². The fraction of sp³-hybridized carbons (Fsp3) is 0.0417. The molecule has 0 spiro atoms. The molecule has 7 aromatic carbocycles. The van der Waals surface area contributed by atoms with Gasteiger partial charge in [-0.1, -0.05) is 109 Å². The summed E-state index contributed by atoms with van der Waals surface area (Å²) in [5.41, 5.74) is 17.5. The summed E-state index contributed by atoms with van der Waals surface area (Å²) < 4.78 is 13.5. The zero-order valence-electron chi connectivity index (χ0n) is 29.0. The summed E-state index contributed by atoms with van der Waals surface area (Å²) in [7, 11) is 0. The van der Waals surface area contributed by atoms with Gasteiger partial charge < -0.3 is 18.6 Å². The normalized spacial score (nSPS) is 14.6. The lowest BCUT2D eigenvalue weighted by Crippen LogP contribution is -2.63. The quantitative estimate of drug-likeness (QED) is 0.171. The monoisotopic (exact) mass is 708 g/mol. The van der Waals surface area contributed by atoms with Gasteiger partial charge in [-0.05, 0) is 88.5 Å². The Morgan fingerprint density at radius 3 is 1.81 bits per heavy atom. The number of furan rings is 2. The van der Waals surface area contributed by atoms with Crippen molar-refractivity contribution in [3.05, 3.63) is 157 Å². The molecule has 252 valence electrons. The number of para-hydroxylation sites is 3. The van der Waals surface area contributed by atoms with Gasteiger partial charge in [-0.2, -0.15) is 0 Å². The van der Waals surface area contributed by atoms with Crippen molar-refractivity contribution in [3.8, 4) is 11.1 Å². The van der Waals surface area contributed by atoms with Crippen LogP contribution in [0.2, 0.25) is 0 Å². The Bertz CT molecular complexity index is 3090. The molecule has 0 unspecified atom stereocenters. The molecule has 0 saturated carbocycles. The second-order valence-electron chi connectivity index (χ2n) is 14.7. The van der Waals surface area contributed by atoms with Gasteiger partial charge in [-0.15, -0.1) is 0 Å². The van der Waals surface area contributed by atoms with Crippen LogP contribution in [0, 0.1) is 0 Å². The van der Waals surface area contributed by atoms with E-state index < -0.39 is 0 Å². The van der Waals surface area contributed by atoms with E-state index in [1.807, 2.05) is 11.8 Å². The van der Waals surface area contributed by atoms with E-state index in [0.29, 0.717) is 0 Å². The van der Waals surface area contributed by atoms with Crippen LogP contribution in [0.3, 0.4) is 0 Å². The smallest absolute Gasteiger partial charge is 0.255 e. The number of nitrogens with zero attached hydrogens (tertiary/aromatic N) is 2. The highest BCUT2D eigenvalue weighted by Gasteiger charge is 2.50. The molecular weight excluding hydrogens is 679 g/mol. The molecule has 5 heterocycles. The Kier molecular flexibility index (Phi) is 5.73. The highest BCUT2D eigenvalue weighted by Crippen LogP contribution is 2.55. The molecule has 3 aliphatic heterocycles. The third-order valence-corrected chi connectivity index (χ3v) is 12.9. The number of hydrogen-bond acceptors (Lipinski definition) is 5. The van der Waals surface area contributed by atoms with Gasteiger partial charge in [-0.25, -0.2) is 0 Å². The van der Waals surface area contributed by atoms with Crippen LogP contribution in [0.4, 0.5) is 34.1 Å². The van der Waals surface area contributed by atoms with Gasteiger partial charge in [0.05, 0.1) is 22.1 Å². The Labute approximate surface area is 316 Å². The number of anilines is 6. The van der Waals surface area contributed by atoms with Crippen LogP contribution in [-0.2, 0) is 6.42 Å². The van der Waals surface area contributed by atoms with E-state index in [9.17, 15) is 0 Å². The summed E-state index contributed by atoms with van der Waals surface area (Å²) >= 11 is 1.86. The molecule has 1 aliphatic carbocycles. The highest BCUT2D eigenvalue weighted by molar-refractivity contribution is 8.00. The van der Waals surface area contributed by atoms with Gasteiger partial charge in [0, 0.05) is 49.9 Å². The Hall–Kier alpha value is -6.37. The predicted molar refractivity (Wildman–Crippen MR) is 224 cm³/mol. The van der Waals surface area contributed by atoms with Gasteiger partial charge in [0.1, 0.15) is 22.5 Å². The van der Waals surface area contributed by atoms with Crippen LogP contribution in [0.25, 0.3) is 50.1 Å². The SMILES string of the molecule is C1=Cc2c(oc3cc4c5c(c23)N(c2ccccc2)c2cc(-c3ccccc3)cc3c2B5c2c(cc5oc6ccccc6c5c2N3c2ccccc2)S4)CC1. The molecule has 0 bridgehead atoms. The predicted octanol–water partition coefficient (Wildman–Crippen LogP) is 11.5. The third-order valence-electron chi connectivity index (χ3n) is 11.8. The molecule has 4 aliphatic rings. The van der Waals surface area contributed by atoms with E-state index in [-0.39, 0.29) is 6.71 Å². The highest BCUT2D eigenvalue weighted by atomic mass is 32.2. The average Bonchev–Trinajstić information content (AvgIpc) is 3.79. The second-order valence-corrected chi connectivity index (χ2v) is 15.8. The van der Waals surface area contributed by atoms with Crippen LogP contribution in [0.5, 0.6) is 0 Å². The summed E-state index contributed by atoms with van der Waals surface area (Å²) in [6, 6.07) is 50.7. The second kappa shape index (κ2) is 10.6. The van der Waals surface area contributed by atoms with Crippen LogP contribution >= 0.6 is 11.8 Å². The van der Waals surface area contributed by atoms with Gasteiger partial charge in [0.2, 0.25) is 0 Å². The van der Waals surface area contributed by atoms with E-state index in [0.717, 1.165) is 57.5 Å². The molecule has 0 fully saturated rings. The number of allylic oxidation sites excluding steroid dienone is 1. The zero-order chi connectivity index (χ0) is 35.1. The number of benzene rings is 7. The molecule has 6 heteroatoms. The van der Waals surface area contributed by atoms with Crippen LogP contribution in [0.1, 0.15) is 17.7 Å². The molecule has 0 amide bonds. The van der Waals surface area contributed by atoms with Crippen molar-refractivity contribution in [2.75, 3.05) is 9.80 Å². The lowest BCUT2D eigenvalue weighted by Gasteiger charge is -2.47. The van der Waals surface area contributed by atoms with E-state index in [4.69, 9.17) is 8.83 Å². The van der Waals surface area contributed by atoms with Gasteiger partial charge >= 0.3 is 0 Å². The molecule has 4 nitrogen and oxygen atoms in total. The lowest BCUT2D eigenvalue weighted by molar-refractivity contribution is 0.546. The fourth-order valence-electron chi connectivity index (χ4n) is 9.70. The van der Waals surface area contributed by atoms with E-state index in [1.54, 1.807) is 0 Å². The summed E-state index contributed by atoms with van der Waals surface area (Å²) in [6.07, 6.45) is 6.50. The van der Waals surface area contributed by atoms with Crippen molar-refractivity contribution in [1.82, 2.24) is 0 Å².